The van der Waals surface area contributed by atoms with Gasteiger partial charge in [-0.15, -0.1) is 6.58 Å². The van der Waals surface area contributed by atoms with E-state index in [9.17, 15) is 4.79 Å². The van der Waals surface area contributed by atoms with Crippen molar-refractivity contribution in [2.75, 3.05) is 19.8 Å². The summed E-state index contributed by atoms with van der Waals surface area (Å²) in [5.74, 6) is 0.514. The summed E-state index contributed by atoms with van der Waals surface area (Å²) in [6, 6.07) is 0. The molecule has 1 fully saturated rings. The Hall–Kier alpha value is -1.09. The SMILES string of the molecule is C=CCCCCC=CC(=O)NCC1CCOC1. The maximum Gasteiger partial charge on any atom is 0.243 e. The van der Waals surface area contributed by atoms with E-state index in [-0.39, 0.29) is 5.91 Å². The van der Waals surface area contributed by atoms with Gasteiger partial charge in [-0.1, -0.05) is 12.2 Å². The first-order valence-corrected chi connectivity index (χ1v) is 6.46. The van der Waals surface area contributed by atoms with Crippen LogP contribution < -0.4 is 5.32 Å². The van der Waals surface area contributed by atoms with Crippen LogP contribution in [0, 0.1) is 5.92 Å². The van der Waals surface area contributed by atoms with Gasteiger partial charge in [-0.05, 0) is 38.2 Å². The first-order chi connectivity index (χ1) is 8.33. The number of amides is 1. The Morgan fingerprint density at radius 1 is 1.41 bits per heavy atom. The van der Waals surface area contributed by atoms with Crippen LogP contribution in [-0.2, 0) is 9.53 Å². The Labute approximate surface area is 104 Å². The van der Waals surface area contributed by atoms with Crippen molar-refractivity contribution < 1.29 is 9.53 Å². The summed E-state index contributed by atoms with van der Waals surface area (Å²) in [7, 11) is 0. The molecule has 1 N–H and O–H groups in total. The number of hydrogen-bond acceptors (Lipinski definition) is 2. The van der Waals surface area contributed by atoms with E-state index in [4.69, 9.17) is 4.74 Å². The number of hydrogen-bond donors (Lipinski definition) is 1. The number of nitrogens with one attached hydrogen (secondary N) is 1. The Bertz CT molecular complexity index is 255. The van der Waals surface area contributed by atoms with E-state index >= 15 is 0 Å². The number of allylic oxidation sites excluding steroid dienone is 2. The van der Waals surface area contributed by atoms with E-state index in [0.717, 1.165) is 51.9 Å². The molecule has 0 saturated carbocycles. The van der Waals surface area contributed by atoms with Crippen LogP contribution in [-0.4, -0.2) is 25.7 Å². The third-order valence-corrected chi connectivity index (χ3v) is 2.89. The molecular weight excluding hydrogens is 214 g/mol. The normalized spacial score (nSPS) is 19.6. The van der Waals surface area contributed by atoms with Crippen LogP contribution in [0.25, 0.3) is 0 Å². The Kier molecular flexibility index (Phi) is 7.39. The highest BCUT2D eigenvalue weighted by atomic mass is 16.5. The van der Waals surface area contributed by atoms with Crippen molar-refractivity contribution in [3.63, 3.8) is 0 Å². The lowest BCUT2D eigenvalue weighted by Crippen LogP contribution is -2.27. The molecule has 0 radical (unpaired) electrons. The van der Waals surface area contributed by atoms with Crippen molar-refractivity contribution >= 4 is 5.91 Å². The van der Waals surface area contributed by atoms with E-state index in [2.05, 4.69) is 11.9 Å². The Morgan fingerprint density at radius 2 is 2.24 bits per heavy atom. The molecule has 0 aromatic carbocycles. The summed E-state index contributed by atoms with van der Waals surface area (Å²) < 4.78 is 5.25. The van der Waals surface area contributed by atoms with Crippen molar-refractivity contribution in [3.8, 4) is 0 Å². The van der Waals surface area contributed by atoms with Crippen LogP contribution in [0.5, 0.6) is 0 Å². The van der Waals surface area contributed by atoms with Crippen molar-refractivity contribution in [2.45, 2.75) is 32.1 Å². The highest BCUT2D eigenvalue weighted by molar-refractivity contribution is 5.87. The third-order valence-electron chi connectivity index (χ3n) is 2.89. The monoisotopic (exact) mass is 237 g/mol. The van der Waals surface area contributed by atoms with Crippen molar-refractivity contribution in [2.24, 2.45) is 5.92 Å². The smallest absolute Gasteiger partial charge is 0.243 e. The van der Waals surface area contributed by atoms with Gasteiger partial charge in [0, 0.05) is 19.1 Å². The van der Waals surface area contributed by atoms with E-state index in [1.54, 1.807) is 6.08 Å². The lowest BCUT2D eigenvalue weighted by Gasteiger charge is -2.07. The van der Waals surface area contributed by atoms with Crippen LogP contribution in [0.4, 0.5) is 0 Å². The molecule has 0 spiro atoms. The summed E-state index contributed by atoms with van der Waals surface area (Å²) in [4.78, 5) is 11.4. The van der Waals surface area contributed by atoms with Gasteiger partial charge in [-0.2, -0.15) is 0 Å². The molecule has 1 rings (SSSR count). The molecule has 3 nitrogen and oxygen atoms in total. The molecule has 1 atom stereocenters. The number of ether oxygens (including phenoxy) is 1. The van der Waals surface area contributed by atoms with E-state index < -0.39 is 0 Å². The minimum atomic E-state index is 0.0145. The zero-order valence-corrected chi connectivity index (χ0v) is 10.5. The number of carbonyl (C=O) groups excluding carboxylic acids is 1. The quantitative estimate of drug-likeness (QED) is 0.400. The summed E-state index contributed by atoms with van der Waals surface area (Å²) in [6.07, 6.45) is 10.9. The summed E-state index contributed by atoms with van der Waals surface area (Å²) in [6.45, 7) is 6.03. The fourth-order valence-electron chi connectivity index (χ4n) is 1.79. The van der Waals surface area contributed by atoms with Crippen molar-refractivity contribution in [1.29, 1.82) is 0 Å². The molecule has 0 aromatic rings. The average Bonchev–Trinajstić information content (AvgIpc) is 2.84. The second-order valence-electron chi connectivity index (χ2n) is 4.45. The zero-order chi connectivity index (χ0) is 12.3. The first kappa shape index (κ1) is 14.0. The summed E-state index contributed by atoms with van der Waals surface area (Å²) in [5, 5.41) is 2.90. The molecule has 0 aromatic heterocycles. The van der Waals surface area contributed by atoms with E-state index in [1.165, 1.54) is 0 Å². The molecule has 96 valence electrons. The highest BCUT2D eigenvalue weighted by Gasteiger charge is 2.15. The van der Waals surface area contributed by atoms with E-state index in [1.807, 2.05) is 12.2 Å². The van der Waals surface area contributed by atoms with Gasteiger partial charge in [-0.3, -0.25) is 4.79 Å². The van der Waals surface area contributed by atoms with Gasteiger partial charge in [0.25, 0.3) is 0 Å². The zero-order valence-electron chi connectivity index (χ0n) is 10.5. The van der Waals surface area contributed by atoms with Crippen LogP contribution >= 0.6 is 0 Å². The van der Waals surface area contributed by atoms with Crippen molar-refractivity contribution in [3.05, 3.63) is 24.8 Å². The van der Waals surface area contributed by atoms with Gasteiger partial charge >= 0.3 is 0 Å². The molecule has 1 aliphatic heterocycles. The fraction of sp³-hybridized carbons (Fsp3) is 0.643. The topological polar surface area (TPSA) is 38.3 Å². The van der Waals surface area contributed by atoms with Gasteiger partial charge in [0.1, 0.15) is 0 Å². The summed E-state index contributed by atoms with van der Waals surface area (Å²) >= 11 is 0. The minimum Gasteiger partial charge on any atom is -0.381 e. The molecule has 1 heterocycles. The van der Waals surface area contributed by atoms with Crippen LogP contribution in [0.15, 0.2) is 24.8 Å². The van der Waals surface area contributed by atoms with Gasteiger partial charge < -0.3 is 10.1 Å². The Morgan fingerprint density at radius 3 is 2.94 bits per heavy atom. The molecule has 1 saturated heterocycles. The summed E-state index contributed by atoms with van der Waals surface area (Å²) in [5.41, 5.74) is 0. The predicted octanol–water partition coefficient (Wildman–Crippen LogP) is 2.44. The lowest BCUT2D eigenvalue weighted by molar-refractivity contribution is -0.116. The maximum absolute atomic E-state index is 11.4. The van der Waals surface area contributed by atoms with Crippen LogP contribution in [0.3, 0.4) is 0 Å². The Balaban J connectivity index is 1.99. The molecule has 3 heteroatoms. The predicted molar refractivity (Wildman–Crippen MR) is 69.7 cm³/mol. The second-order valence-corrected chi connectivity index (χ2v) is 4.45. The molecule has 0 bridgehead atoms. The minimum absolute atomic E-state index is 0.0145. The number of carbonyl (C=O) groups is 1. The fourth-order valence-corrected chi connectivity index (χ4v) is 1.79. The molecule has 17 heavy (non-hydrogen) atoms. The van der Waals surface area contributed by atoms with Gasteiger partial charge in [0.2, 0.25) is 5.91 Å². The molecule has 1 amide bonds. The maximum atomic E-state index is 11.4. The average molecular weight is 237 g/mol. The van der Waals surface area contributed by atoms with Gasteiger partial charge in [0.15, 0.2) is 0 Å². The highest BCUT2D eigenvalue weighted by Crippen LogP contribution is 2.10. The lowest BCUT2D eigenvalue weighted by atomic mass is 10.1. The standard InChI is InChI=1S/C14H23NO2/c1-2-3-4-5-6-7-8-14(16)15-11-13-9-10-17-12-13/h2,7-8,13H,1,3-6,9-12H2,(H,15,16). The van der Waals surface area contributed by atoms with Crippen LogP contribution in [0.2, 0.25) is 0 Å². The third kappa shape index (κ3) is 6.95. The largest absolute Gasteiger partial charge is 0.381 e. The molecule has 0 aliphatic carbocycles. The second kappa shape index (κ2) is 8.99. The van der Waals surface area contributed by atoms with Crippen LogP contribution in [0.1, 0.15) is 32.1 Å². The molecule has 1 unspecified atom stereocenters. The van der Waals surface area contributed by atoms with Gasteiger partial charge in [0.05, 0.1) is 6.61 Å². The van der Waals surface area contributed by atoms with E-state index in [0.29, 0.717) is 5.92 Å². The molecule has 1 aliphatic rings. The number of unbranched alkanes of at least 4 members (excludes halogenated alkanes) is 3. The molecular formula is C14H23NO2. The van der Waals surface area contributed by atoms with Crippen molar-refractivity contribution in [1.82, 2.24) is 5.32 Å². The first-order valence-electron chi connectivity index (χ1n) is 6.46. The van der Waals surface area contributed by atoms with Gasteiger partial charge in [-0.25, -0.2) is 0 Å². The number of rotatable bonds is 8.